The molecule has 0 atom stereocenters. The summed E-state index contributed by atoms with van der Waals surface area (Å²) >= 11 is 0. The summed E-state index contributed by atoms with van der Waals surface area (Å²) in [6.45, 7) is -4.77. The van der Waals surface area contributed by atoms with E-state index in [4.69, 9.17) is 9.47 Å². The van der Waals surface area contributed by atoms with E-state index in [2.05, 4.69) is 15.9 Å². The minimum absolute atomic E-state index is 0.0376. The lowest BCUT2D eigenvalue weighted by Gasteiger charge is -2.48. The maximum atomic E-state index is 11.7. The third-order valence-corrected chi connectivity index (χ3v) is 22.3. The minimum atomic E-state index is -1.62. The van der Waals surface area contributed by atoms with Gasteiger partial charge in [-0.25, -0.2) is 0 Å². The van der Waals surface area contributed by atoms with Gasteiger partial charge in [-0.2, -0.15) is 5.26 Å². The first-order valence-corrected chi connectivity index (χ1v) is 35.1. The van der Waals surface area contributed by atoms with E-state index in [0.29, 0.717) is 83.8 Å². The monoisotopic (exact) mass is 1380 g/mol. The van der Waals surface area contributed by atoms with Crippen molar-refractivity contribution in [2.45, 2.75) is 0 Å². The van der Waals surface area contributed by atoms with E-state index in [1.54, 1.807) is 21.3 Å². The smallest absolute Gasteiger partial charge is 0.261 e. The third-order valence-electron chi connectivity index (χ3n) is 22.3. The molecule has 24 rings (SSSR count). The Morgan fingerprint density at radius 1 is 0.299 bits per heavy atom. The molecule has 0 bridgehead atoms. The molecular formula is C97H56B3N5O2. The third kappa shape index (κ3) is 7.91. The molecule has 6 aliphatic rings. The van der Waals surface area contributed by atoms with Crippen LogP contribution in [0.2, 0.25) is 0 Å². The second-order valence-electron chi connectivity index (χ2n) is 27.4. The second kappa shape index (κ2) is 22.0. The number of nitriles is 1. The fourth-order valence-electron chi connectivity index (χ4n) is 18.2. The van der Waals surface area contributed by atoms with Gasteiger partial charge in [-0.1, -0.05) is 285 Å². The minimum Gasteiger partial charge on any atom is -0.459 e. The molecule has 18 aromatic rings. The summed E-state index contributed by atoms with van der Waals surface area (Å²) in [5, 5.41) is 11.0. The maximum absolute atomic E-state index is 11.7. The number of para-hydroxylation sites is 8. The van der Waals surface area contributed by atoms with Gasteiger partial charge in [0.05, 0.1) is 64.2 Å². The number of nitrogens with zero attached hydrogens (tertiary/aromatic N) is 5. The Kier molecular flexibility index (Phi) is 8.51. The van der Waals surface area contributed by atoms with Gasteiger partial charge in [0.15, 0.2) is 0 Å². The van der Waals surface area contributed by atoms with E-state index in [-0.39, 0.29) is 127 Å². The normalized spacial score (nSPS) is 16.2. The first-order chi connectivity index (χ1) is 62.3. The average Bonchev–Trinajstić information content (AvgIpc) is 1.65. The van der Waals surface area contributed by atoms with Crippen LogP contribution in [0.25, 0.3) is 111 Å². The number of benzene rings is 16. The van der Waals surface area contributed by atoms with Crippen LogP contribution in [-0.4, -0.2) is 29.3 Å². The van der Waals surface area contributed by atoms with Crippen LogP contribution in [0.4, 0.5) is 34.1 Å². The number of aromatic nitrogens is 2. The van der Waals surface area contributed by atoms with Gasteiger partial charge in [0.25, 0.3) is 20.1 Å². The predicted octanol–water partition coefficient (Wildman–Crippen LogP) is 18.0. The molecule has 0 saturated carbocycles. The first-order valence-electron chi connectivity index (χ1n) is 46.1. The molecule has 0 spiro atoms. The molecule has 0 N–H and O–H groups in total. The fourth-order valence-corrected chi connectivity index (χ4v) is 18.2. The summed E-state index contributed by atoms with van der Waals surface area (Å²) in [6.07, 6.45) is 0. The molecular weight excluding hydrogens is 1300 g/mol. The van der Waals surface area contributed by atoms with Crippen molar-refractivity contribution in [3.05, 3.63) is 345 Å². The van der Waals surface area contributed by atoms with Crippen LogP contribution in [0, 0.1) is 11.3 Å². The largest absolute Gasteiger partial charge is 0.459 e. The van der Waals surface area contributed by atoms with Crippen molar-refractivity contribution in [1.29, 1.82) is 5.26 Å². The van der Waals surface area contributed by atoms with Gasteiger partial charge >= 0.3 is 0 Å². The summed E-state index contributed by atoms with van der Waals surface area (Å²) in [5.41, 5.74) is 8.37. The van der Waals surface area contributed by atoms with Gasteiger partial charge in [0.2, 0.25) is 0 Å². The molecule has 0 amide bonds. The van der Waals surface area contributed by atoms with Gasteiger partial charge in [0.1, 0.15) is 23.0 Å². The van der Waals surface area contributed by atoms with Crippen molar-refractivity contribution in [3.63, 3.8) is 0 Å². The highest BCUT2D eigenvalue weighted by Gasteiger charge is 2.54. The van der Waals surface area contributed by atoms with Crippen LogP contribution >= 0.6 is 0 Å². The molecule has 16 aromatic carbocycles. The van der Waals surface area contributed by atoms with Crippen LogP contribution in [0.1, 0.15) is 35.7 Å². The first kappa shape index (κ1) is 41.3. The Balaban J connectivity index is 0.999. The molecule has 0 fully saturated rings. The molecule has 490 valence electrons. The number of ether oxygens (including phenoxy) is 2. The van der Waals surface area contributed by atoms with Gasteiger partial charge < -0.3 is 28.4 Å². The molecule has 0 radical (unpaired) electrons. The fraction of sp³-hybridized carbons (Fsp3) is 0. The highest BCUT2D eigenvalue weighted by atomic mass is 16.5. The Hall–Kier alpha value is -14.0. The van der Waals surface area contributed by atoms with Crippen molar-refractivity contribution in [2.24, 2.45) is 0 Å². The average molecular weight is 1380 g/mol. The number of anilines is 6. The summed E-state index contributed by atoms with van der Waals surface area (Å²) in [6, 6.07) is 53.4. The molecule has 7 nitrogen and oxygen atoms in total. The van der Waals surface area contributed by atoms with Crippen LogP contribution < -0.4 is 68.4 Å². The number of fused-ring (bicyclic) bond motifs is 20. The highest BCUT2D eigenvalue weighted by Crippen LogP contribution is 2.57. The van der Waals surface area contributed by atoms with E-state index < -0.39 is 165 Å². The van der Waals surface area contributed by atoms with Crippen molar-refractivity contribution < 1.29 is 39.6 Å². The highest BCUT2D eigenvalue weighted by molar-refractivity contribution is 7.05. The zero-order chi connectivity index (χ0) is 89.0. The molecule has 0 aliphatic carbocycles. The molecule has 0 unspecified atom stereocenters. The topological polar surface area (TPSA) is 58.6 Å². The van der Waals surface area contributed by atoms with E-state index in [1.807, 2.05) is 194 Å². The summed E-state index contributed by atoms with van der Waals surface area (Å²) in [7, 11) is 0. The molecule has 10 heteroatoms. The quantitative estimate of drug-likeness (QED) is 0.149. The van der Waals surface area contributed by atoms with Gasteiger partial charge in [-0.3, -0.25) is 0 Å². The molecule has 6 aliphatic heterocycles. The lowest BCUT2D eigenvalue weighted by Crippen LogP contribution is -2.67. The SMILES string of the molecule is [2H]c1c([2H])c([2H])c2c(c1[2H])Oc1c3c(cc4c1B2c1c([2H])c([2H])c([2H])c2c5c([2H])c([2H])c([2H])c([2H])c5n-4c12)N(c1c(-c2ccccc2)cccc1-c1ccccc1)c1cc(-c2ccccc2C#N)cc2c1B3c1c(cc3c4c1Oc1c([2H])c([2H])c([2H])c([2H])c1B4c1c([2H])c([2H])c([2H])c4c5c([2H])c([2H])c([2H])c([2H])c5n-3c14)N2c1c(-c2ccccc2)cccc1-c1ccccc1. The van der Waals surface area contributed by atoms with Gasteiger partial charge in [-0.05, 0) is 137 Å². The standard InChI is InChI=1S/C97H56B3N5O2/c101-57-62-35-13-14-36-64(62)63-53-79-87-80(54-63)105(93-67(60-31-9-3-10-32-60)41-24-42-68(93)61-33-11-4-12-34-61)84-56-82-89-97(107-86-52-22-18-46-74(86)99(89)76-48-26-44-72-70-38-16-20-50-78(70)103(82)95(72)76)91(84)100(87)90-83(104(79)92-65(58-27-5-1-6-28-58)39-23-40-66(92)59-29-7-2-8-30-59)55-81-88-96(90)106-85-51-21-17-45-73(85)98(88)75-47-25-43-71-69-37-15-19-49-77(69)102(81)94(71)75/h1-56H/i15D,16D,17D,18D,19D,20D,21D,22D,25D,26D,37D,38D,43D,44D,45D,46D,47D,48D,49D,50D,51D,52D. The second-order valence-corrected chi connectivity index (χ2v) is 27.4. The number of hydrogen-bond donors (Lipinski definition) is 0. The number of hydrogen-bond acceptors (Lipinski definition) is 5. The summed E-state index contributed by atoms with van der Waals surface area (Å²) in [4.78, 5) is 4.14. The van der Waals surface area contributed by atoms with Crippen molar-refractivity contribution in [1.82, 2.24) is 9.13 Å². The summed E-state index contributed by atoms with van der Waals surface area (Å²) in [5.74, 6) is -1.17. The molecule has 0 saturated heterocycles. The number of rotatable bonds is 7. The van der Waals surface area contributed by atoms with Crippen molar-refractivity contribution in [2.75, 3.05) is 9.80 Å². The van der Waals surface area contributed by atoms with Crippen LogP contribution in [0.3, 0.4) is 0 Å². The zero-order valence-electron chi connectivity index (χ0n) is 77.9. The lowest BCUT2D eigenvalue weighted by atomic mass is 9.28. The van der Waals surface area contributed by atoms with Gasteiger partial charge in [0, 0.05) is 89.0 Å². The van der Waals surface area contributed by atoms with E-state index in [9.17, 15) is 35.4 Å². The summed E-state index contributed by atoms with van der Waals surface area (Å²) < 4.78 is 238. The van der Waals surface area contributed by atoms with E-state index in [0.717, 1.165) is 0 Å². The predicted molar refractivity (Wildman–Crippen MR) is 443 cm³/mol. The van der Waals surface area contributed by atoms with Crippen molar-refractivity contribution in [3.8, 4) is 96.1 Å². The molecule has 107 heavy (non-hydrogen) atoms. The molecule has 2 aromatic heterocycles. The van der Waals surface area contributed by atoms with Gasteiger partial charge in [-0.15, -0.1) is 0 Å². The van der Waals surface area contributed by atoms with Crippen LogP contribution in [-0.2, 0) is 0 Å². The van der Waals surface area contributed by atoms with Crippen molar-refractivity contribution >= 4 is 147 Å². The van der Waals surface area contributed by atoms with E-state index >= 15 is 0 Å². The Bertz CT molecular complexity index is 7840. The Morgan fingerprint density at radius 2 is 0.654 bits per heavy atom. The Labute approximate surface area is 649 Å². The lowest BCUT2D eigenvalue weighted by molar-refractivity contribution is 0.490. The van der Waals surface area contributed by atoms with Crippen LogP contribution in [0.15, 0.2) is 339 Å². The van der Waals surface area contributed by atoms with E-state index in [1.165, 1.54) is 0 Å². The van der Waals surface area contributed by atoms with Crippen LogP contribution in [0.5, 0.6) is 23.0 Å². The molecule has 8 heterocycles. The maximum Gasteiger partial charge on any atom is 0.261 e. The Morgan fingerprint density at radius 3 is 1.09 bits per heavy atom. The zero-order valence-corrected chi connectivity index (χ0v) is 55.9.